The molecule has 90 valence electrons. The molecule has 0 aliphatic rings. The first kappa shape index (κ1) is 13.2. The lowest BCUT2D eigenvalue weighted by Crippen LogP contribution is -2.37. The molecule has 1 heterocycles. The van der Waals surface area contributed by atoms with E-state index in [-0.39, 0.29) is 0 Å². The Morgan fingerprint density at radius 3 is 2.69 bits per heavy atom. The summed E-state index contributed by atoms with van der Waals surface area (Å²) in [6.45, 7) is 3.91. The average Bonchev–Trinajstić information content (AvgIpc) is 2.15. The van der Waals surface area contributed by atoms with E-state index in [0.29, 0.717) is 22.8 Å². The number of hydrogen-bond acceptors (Lipinski definition) is 5. The molecule has 16 heavy (non-hydrogen) atoms. The molecule has 5 nitrogen and oxygen atoms in total. The summed E-state index contributed by atoms with van der Waals surface area (Å²) in [4.78, 5) is 10.1. The maximum absolute atomic E-state index is 9.69. The van der Waals surface area contributed by atoms with Crippen molar-refractivity contribution in [2.75, 3.05) is 25.6 Å². The quantitative estimate of drug-likeness (QED) is 0.909. The van der Waals surface area contributed by atoms with Crippen LogP contribution in [0.15, 0.2) is 10.7 Å². The third-order valence-electron chi connectivity index (χ3n) is 1.86. The smallest absolute Gasteiger partial charge is 0.232 e. The molecule has 0 aliphatic heterocycles. The number of aromatic nitrogens is 2. The van der Waals surface area contributed by atoms with E-state index in [2.05, 4.69) is 25.9 Å². The van der Waals surface area contributed by atoms with Crippen LogP contribution < -0.4 is 9.64 Å². The van der Waals surface area contributed by atoms with Gasteiger partial charge < -0.3 is 14.7 Å². The highest BCUT2D eigenvalue weighted by atomic mass is 79.9. The first-order valence-corrected chi connectivity index (χ1v) is 5.63. The Morgan fingerprint density at radius 1 is 1.56 bits per heavy atom. The van der Waals surface area contributed by atoms with Gasteiger partial charge in [-0.05, 0) is 29.8 Å². The Balaban J connectivity index is 2.88. The molecule has 0 bridgehead atoms. The predicted molar refractivity (Wildman–Crippen MR) is 65.9 cm³/mol. The van der Waals surface area contributed by atoms with Gasteiger partial charge in [-0.3, -0.25) is 0 Å². The van der Waals surface area contributed by atoms with Gasteiger partial charge in [0.05, 0.1) is 23.4 Å². The zero-order valence-electron chi connectivity index (χ0n) is 9.86. The highest BCUT2D eigenvalue weighted by Gasteiger charge is 2.18. The Labute approximate surface area is 104 Å². The molecule has 1 N–H and O–H groups in total. The molecule has 0 unspecified atom stereocenters. The summed E-state index contributed by atoms with van der Waals surface area (Å²) >= 11 is 3.28. The lowest BCUT2D eigenvalue weighted by molar-refractivity contribution is 0.0882. The molecule has 0 saturated carbocycles. The third-order valence-corrected chi connectivity index (χ3v) is 2.40. The van der Waals surface area contributed by atoms with Gasteiger partial charge in [0.15, 0.2) is 0 Å². The van der Waals surface area contributed by atoms with Crippen LogP contribution in [0.5, 0.6) is 5.88 Å². The van der Waals surface area contributed by atoms with E-state index in [1.54, 1.807) is 32.1 Å². The van der Waals surface area contributed by atoms with Crippen molar-refractivity contribution < 1.29 is 9.84 Å². The van der Waals surface area contributed by atoms with E-state index in [1.165, 1.54) is 0 Å². The summed E-state index contributed by atoms with van der Waals surface area (Å²) in [6, 6.07) is 0. The van der Waals surface area contributed by atoms with Gasteiger partial charge in [0.1, 0.15) is 0 Å². The maximum Gasteiger partial charge on any atom is 0.232 e. The van der Waals surface area contributed by atoms with Gasteiger partial charge in [0.2, 0.25) is 11.8 Å². The van der Waals surface area contributed by atoms with Crippen molar-refractivity contribution in [2.45, 2.75) is 19.4 Å². The van der Waals surface area contributed by atoms with Crippen molar-refractivity contribution >= 4 is 21.9 Å². The molecule has 0 amide bonds. The Bertz CT molecular complexity index is 366. The number of anilines is 1. The topological polar surface area (TPSA) is 58.5 Å². The molecule has 0 saturated heterocycles. The third kappa shape index (κ3) is 3.61. The lowest BCUT2D eigenvalue weighted by Gasteiger charge is -2.25. The standard InChI is InChI=1S/C10H16BrN3O2/c1-10(2,15)6-14(3)9-12-5-7(11)8(13-9)16-4/h5,15H,6H2,1-4H3. The van der Waals surface area contributed by atoms with Gasteiger partial charge in [-0.1, -0.05) is 0 Å². The summed E-state index contributed by atoms with van der Waals surface area (Å²) < 4.78 is 5.78. The fraction of sp³-hybridized carbons (Fsp3) is 0.600. The van der Waals surface area contributed by atoms with E-state index in [9.17, 15) is 5.11 Å². The molecule has 1 aromatic rings. The molecule has 0 spiro atoms. The lowest BCUT2D eigenvalue weighted by atomic mass is 10.1. The first-order valence-electron chi connectivity index (χ1n) is 4.83. The van der Waals surface area contributed by atoms with E-state index < -0.39 is 5.60 Å². The average molecular weight is 290 g/mol. The molecule has 0 atom stereocenters. The maximum atomic E-state index is 9.69. The normalized spacial score (nSPS) is 11.4. The molecule has 0 radical (unpaired) electrons. The number of rotatable bonds is 4. The van der Waals surface area contributed by atoms with Gasteiger partial charge in [0.25, 0.3) is 0 Å². The number of hydrogen-bond donors (Lipinski definition) is 1. The molecule has 6 heteroatoms. The first-order chi connectivity index (χ1) is 7.33. The van der Waals surface area contributed by atoms with Crippen LogP contribution in [0.1, 0.15) is 13.8 Å². The second kappa shape index (κ2) is 4.97. The number of methoxy groups -OCH3 is 1. The Morgan fingerprint density at radius 2 is 2.19 bits per heavy atom. The van der Waals surface area contributed by atoms with E-state index in [4.69, 9.17) is 4.74 Å². The SMILES string of the molecule is COc1nc(N(C)CC(C)(C)O)ncc1Br. The summed E-state index contributed by atoms with van der Waals surface area (Å²) in [7, 11) is 3.37. The predicted octanol–water partition coefficient (Wildman–Crippen LogP) is 1.45. The van der Waals surface area contributed by atoms with Crippen molar-refractivity contribution in [2.24, 2.45) is 0 Å². The van der Waals surface area contributed by atoms with Crippen LogP contribution in [0.3, 0.4) is 0 Å². The minimum absolute atomic E-state index is 0.442. The monoisotopic (exact) mass is 289 g/mol. The minimum atomic E-state index is -0.793. The summed E-state index contributed by atoms with van der Waals surface area (Å²) in [5.41, 5.74) is -0.793. The molecule has 0 aromatic carbocycles. The zero-order chi connectivity index (χ0) is 12.3. The highest BCUT2D eigenvalue weighted by molar-refractivity contribution is 9.10. The van der Waals surface area contributed by atoms with Crippen molar-refractivity contribution in [3.05, 3.63) is 10.7 Å². The van der Waals surface area contributed by atoms with Crippen LogP contribution >= 0.6 is 15.9 Å². The summed E-state index contributed by atoms with van der Waals surface area (Å²) in [5, 5.41) is 9.69. The summed E-state index contributed by atoms with van der Waals surface area (Å²) in [6.07, 6.45) is 1.63. The number of likely N-dealkylation sites (N-methyl/N-ethyl adjacent to an activating group) is 1. The van der Waals surface area contributed by atoms with Crippen LogP contribution in [0.4, 0.5) is 5.95 Å². The Kier molecular flexibility index (Phi) is 4.09. The fourth-order valence-electron chi connectivity index (χ4n) is 1.32. The van der Waals surface area contributed by atoms with Gasteiger partial charge in [0, 0.05) is 13.6 Å². The number of nitrogens with zero attached hydrogens (tertiary/aromatic N) is 3. The minimum Gasteiger partial charge on any atom is -0.480 e. The van der Waals surface area contributed by atoms with Crippen molar-refractivity contribution in [3.63, 3.8) is 0 Å². The molecule has 0 fully saturated rings. The van der Waals surface area contributed by atoms with Crippen molar-refractivity contribution in [3.8, 4) is 5.88 Å². The molecular weight excluding hydrogens is 274 g/mol. The van der Waals surface area contributed by atoms with Gasteiger partial charge in [-0.15, -0.1) is 0 Å². The van der Waals surface area contributed by atoms with E-state index in [1.807, 2.05) is 7.05 Å². The molecular formula is C10H16BrN3O2. The molecule has 1 aromatic heterocycles. The number of ether oxygens (including phenoxy) is 1. The van der Waals surface area contributed by atoms with Crippen molar-refractivity contribution in [1.82, 2.24) is 9.97 Å². The highest BCUT2D eigenvalue weighted by Crippen LogP contribution is 2.23. The van der Waals surface area contributed by atoms with Gasteiger partial charge in [-0.25, -0.2) is 4.98 Å². The van der Waals surface area contributed by atoms with Crippen LogP contribution in [0, 0.1) is 0 Å². The van der Waals surface area contributed by atoms with E-state index >= 15 is 0 Å². The largest absolute Gasteiger partial charge is 0.480 e. The number of aliphatic hydroxyl groups is 1. The van der Waals surface area contributed by atoms with Crippen LogP contribution in [-0.2, 0) is 0 Å². The molecule has 0 aliphatic carbocycles. The second-order valence-electron chi connectivity index (χ2n) is 4.20. The fourth-order valence-corrected chi connectivity index (χ4v) is 1.67. The zero-order valence-corrected chi connectivity index (χ0v) is 11.4. The van der Waals surface area contributed by atoms with Gasteiger partial charge in [-0.2, -0.15) is 4.98 Å². The van der Waals surface area contributed by atoms with Gasteiger partial charge >= 0.3 is 0 Å². The van der Waals surface area contributed by atoms with Crippen molar-refractivity contribution in [1.29, 1.82) is 0 Å². The Hall–Kier alpha value is -0.880. The van der Waals surface area contributed by atoms with E-state index in [0.717, 1.165) is 0 Å². The van der Waals surface area contributed by atoms with Crippen LogP contribution in [0.2, 0.25) is 0 Å². The number of halogens is 1. The summed E-state index contributed by atoms with van der Waals surface area (Å²) in [5.74, 6) is 0.995. The van der Waals surface area contributed by atoms with Crippen LogP contribution in [-0.4, -0.2) is 41.4 Å². The molecule has 1 rings (SSSR count). The second-order valence-corrected chi connectivity index (χ2v) is 5.05. The van der Waals surface area contributed by atoms with Crippen LogP contribution in [0.25, 0.3) is 0 Å².